The second kappa shape index (κ2) is 12.6. The van der Waals surface area contributed by atoms with Crippen molar-refractivity contribution >= 4 is 17.4 Å². The highest BCUT2D eigenvalue weighted by Gasteiger charge is 2.45. The Labute approximate surface area is 239 Å². The number of carbonyl (C=O) groups is 2. The van der Waals surface area contributed by atoms with E-state index in [4.69, 9.17) is 9.47 Å². The molecule has 1 saturated heterocycles. The summed E-state index contributed by atoms with van der Waals surface area (Å²) in [6, 6.07) is 21.5. The maximum Gasteiger partial charge on any atom is 0.295 e. The number of rotatable bonds is 11. The molecule has 4 aromatic rings. The number of hydrogen-bond acceptors (Lipinski definition) is 6. The van der Waals surface area contributed by atoms with Crippen LogP contribution >= 0.6 is 0 Å². The Balaban J connectivity index is 1.41. The minimum Gasteiger partial charge on any atom is -0.507 e. The Morgan fingerprint density at radius 2 is 1.68 bits per heavy atom. The molecule has 8 nitrogen and oxygen atoms in total. The van der Waals surface area contributed by atoms with Gasteiger partial charge in [0.25, 0.3) is 11.7 Å². The van der Waals surface area contributed by atoms with Crippen molar-refractivity contribution in [2.24, 2.45) is 0 Å². The van der Waals surface area contributed by atoms with Gasteiger partial charge < -0.3 is 24.0 Å². The van der Waals surface area contributed by atoms with E-state index in [0.717, 1.165) is 16.7 Å². The summed E-state index contributed by atoms with van der Waals surface area (Å²) in [6.45, 7) is 5.85. The molecule has 1 unspecified atom stereocenters. The molecule has 5 rings (SSSR count). The summed E-state index contributed by atoms with van der Waals surface area (Å²) in [5.74, 6) is -0.233. The third kappa shape index (κ3) is 6.32. The van der Waals surface area contributed by atoms with Crippen LogP contribution in [0.4, 0.5) is 0 Å². The predicted molar refractivity (Wildman–Crippen MR) is 155 cm³/mol. The number of imidazole rings is 1. The second-order valence-corrected chi connectivity index (χ2v) is 9.95. The van der Waals surface area contributed by atoms with E-state index >= 15 is 0 Å². The third-order valence-electron chi connectivity index (χ3n) is 7.04. The number of aryl methyl sites for hydroxylation is 2. The van der Waals surface area contributed by atoms with E-state index < -0.39 is 17.7 Å². The smallest absolute Gasteiger partial charge is 0.295 e. The minimum absolute atomic E-state index is 0.0650. The van der Waals surface area contributed by atoms with Crippen LogP contribution in [-0.2, 0) is 22.7 Å². The molecule has 2 heterocycles. The highest BCUT2D eigenvalue weighted by atomic mass is 16.5. The van der Waals surface area contributed by atoms with Crippen molar-refractivity contribution in [3.63, 3.8) is 0 Å². The van der Waals surface area contributed by atoms with Gasteiger partial charge in [-0.15, -0.1) is 0 Å². The largest absolute Gasteiger partial charge is 0.507 e. The van der Waals surface area contributed by atoms with Gasteiger partial charge in [0.2, 0.25) is 0 Å². The lowest BCUT2D eigenvalue weighted by Gasteiger charge is -2.25. The predicted octanol–water partition coefficient (Wildman–Crippen LogP) is 5.68. The molecule has 1 aliphatic heterocycles. The standard InChI is InChI=1S/C33H33N3O5/c1-3-40-27-12-8-25(9-13-27)30-29(32(38)33(39)36(30)18-5-17-35-19-16-34-22-35)31(37)26-10-14-28(15-11-26)41-21-24-7-4-6-23(2)20-24/h4,6-16,19-20,22,30,37H,3,5,17-18,21H2,1-2H3/b31-29+. The number of aliphatic hydroxyl groups is 1. The number of amides is 1. The number of nitrogens with zero attached hydrogens (tertiary/aromatic N) is 3. The molecule has 210 valence electrons. The van der Waals surface area contributed by atoms with E-state index in [1.807, 2.05) is 67.1 Å². The monoisotopic (exact) mass is 551 g/mol. The summed E-state index contributed by atoms with van der Waals surface area (Å²) in [5, 5.41) is 11.4. The molecule has 0 radical (unpaired) electrons. The molecule has 0 bridgehead atoms. The average molecular weight is 552 g/mol. The van der Waals surface area contributed by atoms with Crippen molar-refractivity contribution in [3.05, 3.63) is 119 Å². The van der Waals surface area contributed by atoms with Crippen LogP contribution < -0.4 is 9.47 Å². The van der Waals surface area contributed by atoms with Gasteiger partial charge in [0.05, 0.1) is 24.5 Å². The molecule has 3 aromatic carbocycles. The Hall–Kier alpha value is -4.85. The van der Waals surface area contributed by atoms with Crippen LogP contribution in [-0.4, -0.2) is 44.4 Å². The number of hydrogen-bond donors (Lipinski definition) is 1. The number of likely N-dealkylation sites (tertiary alicyclic amines) is 1. The highest BCUT2D eigenvalue weighted by molar-refractivity contribution is 6.46. The normalized spacial score (nSPS) is 16.2. The first-order chi connectivity index (χ1) is 19.9. The van der Waals surface area contributed by atoms with Gasteiger partial charge in [0, 0.05) is 31.0 Å². The minimum atomic E-state index is -0.731. The quantitative estimate of drug-likeness (QED) is 0.146. The molecule has 1 atom stereocenters. The zero-order chi connectivity index (χ0) is 28.8. The maximum absolute atomic E-state index is 13.4. The fourth-order valence-corrected chi connectivity index (χ4v) is 5.05. The van der Waals surface area contributed by atoms with E-state index in [1.54, 1.807) is 41.7 Å². The molecule has 1 aliphatic rings. The van der Waals surface area contributed by atoms with Gasteiger partial charge in [-0.3, -0.25) is 9.59 Å². The van der Waals surface area contributed by atoms with E-state index in [2.05, 4.69) is 11.1 Å². The van der Waals surface area contributed by atoms with Crippen molar-refractivity contribution in [1.29, 1.82) is 0 Å². The summed E-state index contributed by atoms with van der Waals surface area (Å²) in [5.41, 5.74) is 3.43. The van der Waals surface area contributed by atoms with Crippen LogP contribution in [0.1, 0.15) is 41.6 Å². The Kier molecular flexibility index (Phi) is 8.48. The third-order valence-corrected chi connectivity index (χ3v) is 7.04. The van der Waals surface area contributed by atoms with Crippen molar-refractivity contribution in [2.45, 2.75) is 39.5 Å². The molecular formula is C33H33N3O5. The zero-order valence-electron chi connectivity index (χ0n) is 23.2. The number of ether oxygens (including phenoxy) is 2. The number of aliphatic hydroxyl groups excluding tert-OH is 1. The van der Waals surface area contributed by atoms with Gasteiger partial charge >= 0.3 is 0 Å². The summed E-state index contributed by atoms with van der Waals surface area (Å²) in [7, 11) is 0. The molecule has 1 amide bonds. The van der Waals surface area contributed by atoms with E-state index in [0.29, 0.717) is 49.8 Å². The number of benzene rings is 3. The SMILES string of the molecule is CCOc1ccc(C2/C(=C(\O)c3ccc(OCc4cccc(C)c4)cc3)C(=O)C(=O)N2CCCn2ccnc2)cc1. The summed E-state index contributed by atoms with van der Waals surface area (Å²) in [4.78, 5) is 32.2. The lowest BCUT2D eigenvalue weighted by Crippen LogP contribution is -2.31. The van der Waals surface area contributed by atoms with Crippen LogP contribution in [0.5, 0.6) is 11.5 Å². The summed E-state index contributed by atoms with van der Waals surface area (Å²) >= 11 is 0. The zero-order valence-corrected chi connectivity index (χ0v) is 23.2. The Morgan fingerprint density at radius 3 is 2.37 bits per heavy atom. The first kappa shape index (κ1) is 27.7. The fraction of sp³-hybridized carbons (Fsp3) is 0.242. The molecule has 41 heavy (non-hydrogen) atoms. The van der Waals surface area contributed by atoms with Crippen LogP contribution in [0.2, 0.25) is 0 Å². The molecule has 8 heteroatoms. The number of aromatic nitrogens is 2. The van der Waals surface area contributed by atoms with Crippen LogP contribution in [0.3, 0.4) is 0 Å². The fourth-order valence-electron chi connectivity index (χ4n) is 5.05. The highest BCUT2D eigenvalue weighted by Crippen LogP contribution is 2.40. The number of Topliss-reactive ketones (excluding diaryl/α,β-unsaturated/α-hetero) is 1. The molecule has 0 spiro atoms. The van der Waals surface area contributed by atoms with Crippen LogP contribution in [0.25, 0.3) is 5.76 Å². The van der Waals surface area contributed by atoms with Crippen molar-refractivity contribution < 1.29 is 24.2 Å². The topological polar surface area (TPSA) is 93.9 Å². The average Bonchev–Trinajstić information content (AvgIpc) is 3.59. The van der Waals surface area contributed by atoms with Gasteiger partial charge in [0.1, 0.15) is 23.9 Å². The number of carbonyl (C=O) groups excluding carboxylic acids is 2. The summed E-state index contributed by atoms with van der Waals surface area (Å²) < 4.78 is 13.4. The van der Waals surface area contributed by atoms with Crippen LogP contribution in [0.15, 0.2) is 97.1 Å². The molecule has 1 fully saturated rings. The second-order valence-electron chi connectivity index (χ2n) is 9.95. The molecule has 0 aliphatic carbocycles. The van der Waals surface area contributed by atoms with Gasteiger partial charge in [-0.2, -0.15) is 0 Å². The van der Waals surface area contributed by atoms with Crippen molar-refractivity contribution in [3.8, 4) is 11.5 Å². The van der Waals surface area contributed by atoms with E-state index in [9.17, 15) is 14.7 Å². The van der Waals surface area contributed by atoms with E-state index in [-0.39, 0.29) is 11.3 Å². The lowest BCUT2D eigenvalue weighted by molar-refractivity contribution is -0.139. The maximum atomic E-state index is 13.4. The van der Waals surface area contributed by atoms with E-state index in [1.165, 1.54) is 0 Å². The van der Waals surface area contributed by atoms with Gasteiger partial charge in [-0.05, 0) is 67.8 Å². The lowest BCUT2D eigenvalue weighted by atomic mass is 9.95. The van der Waals surface area contributed by atoms with Crippen molar-refractivity contribution in [2.75, 3.05) is 13.2 Å². The summed E-state index contributed by atoms with van der Waals surface area (Å²) in [6.07, 6.45) is 5.88. The molecule has 1 aromatic heterocycles. The van der Waals surface area contributed by atoms with Gasteiger partial charge in [-0.1, -0.05) is 42.0 Å². The van der Waals surface area contributed by atoms with Crippen LogP contribution in [0, 0.1) is 6.92 Å². The van der Waals surface area contributed by atoms with Crippen molar-refractivity contribution in [1.82, 2.24) is 14.5 Å². The number of ketones is 1. The first-order valence-electron chi connectivity index (χ1n) is 13.7. The molecule has 1 N–H and O–H groups in total. The Morgan fingerprint density at radius 1 is 0.951 bits per heavy atom. The Bertz CT molecular complexity index is 1530. The van der Waals surface area contributed by atoms with Gasteiger partial charge in [0.15, 0.2) is 0 Å². The first-order valence-corrected chi connectivity index (χ1v) is 13.7. The molecular weight excluding hydrogens is 518 g/mol. The molecule has 0 saturated carbocycles. The van der Waals surface area contributed by atoms with Gasteiger partial charge in [-0.25, -0.2) is 4.98 Å².